The first-order valence-electron chi connectivity index (χ1n) is 4.84. The third kappa shape index (κ3) is 4.06. The van der Waals surface area contributed by atoms with Gasteiger partial charge in [-0.2, -0.15) is 0 Å². The van der Waals surface area contributed by atoms with Crippen LogP contribution in [0.15, 0.2) is 24.4 Å². The predicted molar refractivity (Wildman–Crippen MR) is 56.6 cm³/mol. The van der Waals surface area contributed by atoms with Crippen LogP contribution in [0.5, 0.6) is 0 Å². The van der Waals surface area contributed by atoms with Crippen LogP contribution in [0.4, 0.5) is 0 Å². The van der Waals surface area contributed by atoms with Crippen LogP contribution in [0.3, 0.4) is 0 Å². The van der Waals surface area contributed by atoms with Crippen molar-refractivity contribution in [2.45, 2.75) is 31.8 Å². The molecule has 1 unspecified atom stereocenters. The topological polar surface area (TPSA) is 33.1 Å². The second kappa shape index (κ2) is 6.17. The predicted octanol–water partition coefficient (Wildman–Crippen LogP) is 1.79. The number of aromatic nitrogens is 1. The molecular weight excluding hydrogens is 174 g/mol. The standard InChI is InChI=1S/C12H15NO/c1-2-3-4-8-12(14)10-11-7-5-6-9-13-11/h1,5-7,9,12,14H,3-4,8,10H2. The Labute approximate surface area is 85.0 Å². The van der Waals surface area contributed by atoms with Crippen molar-refractivity contribution in [2.75, 3.05) is 0 Å². The number of hydrogen-bond acceptors (Lipinski definition) is 2. The fourth-order valence-electron chi connectivity index (χ4n) is 1.30. The minimum atomic E-state index is -0.321. The normalized spacial score (nSPS) is 12.0. The Morgan fingerprint density at radius 3 is 3.00 bits per heavy atom. The van der Waals surface area contributed by atoms with Crippen LogP contribution >= 0.6 is 0 Å². The lowest BCUT2D eigenvalue weighted by atomic mass is 10.1. The number of aliphatic hydroxyl groups excluding tert-OH is 1. The van der Waals surface area contributed by atoms with Crippen molar-refractivity contribution in [3.05, 3.63) is 30.1 Å². The molecule has 14 heavy (non-hydrogen) atoms. The van der Waals surface area contributed by atoms with Crippen molar-refractivity contribution >= 4 is 0 Å². The number of hydrogen-bond donors (Lipinski definition) is 1. The van der Waals surface area contributed by atoms with E-state index in [2.05, 4.69) is 10.9 Å². The molecule has 1 atom stereocenters. The van der Waals surface area contributed by atoms with Gasteiger partial charge in [-0.15, -0.1) is 12.3 Å². The van der Waals surface area contributed by atoms with Gasteiger partial charge in [0.1, 0.15) is 0 Å². The van der Waals surface area contributed by atoms with Crippen molar-refractivity contribution in [2.24, 2.45) is 0 Å². The molecule has 0 aromatic carbocycles. The second-order valence-electron chi connectivity index (χ2n) is 3.28. The monoisotopic (exact) mass is 189 g/mol. The first kappa shape index (κ1) is 10.7. The summed E-state index contributed by atoms with van der Waals surface area (Å²) in [6.45, 7) is 0. The Morgan fingerprint density at radius 2 is 2.36 bits per heavy atom. The van der Waals surface area contributed by atoms with E-state index in [4.69, 9.17) is 6.42 Å². The molecule has 0 saturated carbocycles. The third-order valence-corrected chi connectivity index (χ3v) is 2.03. The van der Waals surface area contributed by atoms with Crippen LogP contribution in [-0.2, 0) is 6.42 Å². The van der Waals surface area contributed by atoms with Gasteiger partial charge in [0.25, 0.3) is 0 Å². The molecule has 1 aromatic heterocycles. The largest absolute Gasteiger partial charge is 0.393 e. The number of unbranched alkanes of at least 4 members (excludes halogenated alkanes) is 1. The maximum atomic E-state index is 9.62. The Hall–Kier alpha value is -1.33. The molecule has 2 nitrogen and oxygen atoms in total. The van der Waals surface area contributed by atoms with Crippen LogP contribution in [0.2, 0.25) is 0 Å². The van der Waals surface area contributed by atoms with Gasteiger partial charge in [-0.1, -0.05) is 6.07 Å². The molecule has 2 heteroatoms. The minimum absolute atomic E-state index is 0.321. The average molecular weight is 189 g/mol. The van der Waals surface area contributed by atoms with Gasteiger partial charge in [-0.05, 0) is 25.0 Å². The van der Waals surface area contributed by atoms with E-state index in [0.29, 0.717) is 6.42 Å². The average Bonchev–Trinajstić information content (AvgIpc) is 2.20. The quantitative estimate of drug-likeness (QED) is 0.566. The van der Waals surface area contributed by atoms with Gasteiger partial charge in [0.2, 0.25) is 0 Å². The first-order chi connectivity index (χ1) is 6.83. The summed E-state index contributed by atoms with van der Waals surface area (Å²) in [6, 6.07) is 5.72. The van der Waals surface area contributed by atoms with Crippen LogP contribution in [-0.4, -0.2) is 16.2 Å². The molecule has 0 aliphatic heterocycles. The summed E-state index contributed by atoms with van der Waals surface area (Å²) >= 11 is 0. The number of terminal acetylenes is 1. The molecule has 0 spiro atoms. The fourth-order valence-corrected chi connectivity index (χ4v) is 1.30. The highest BCUT2D eigenvalue weighted by Gasteiger charge is 2.04. The minimum Gasteiger partial charge on any atom is -0.393 e. The van der Waals surface area contributed by atoms with Crippen LogP contribution < -0.4 is 0 Å². The molecule has 0 bridgehead atoms. The summed E-state index contributed by atoms with van der Waals surface area (Å²) < 4.78 is 0. The van der Waals surface area contributed by atoms with E-state index < -0.39 is 0 Å². The summed E-state index contributed by atoms with van der Waals surface area (Å²) in [4.78, 5) is 4.15. The maximum Gasteiger partial charge on any atom is 0.0596 e. The van der Waals surface area contributed by atoms with Gasteiger partial charge in [-0.25, -0.2) is 0 Å². The van der Waals surface area contributed by atoms with E-state index >= 15 is 0 Å². The lowest BCUT2D eigenvalue weighted by Gasteiger charge is -2.08. The smallest absolute Gasteiger partial charge is 0.0596 e. The summed E-state index contributed by atoms with van der Waals surface area (Å²) in [5, 5.41) is 9.62. The molecular formula is C12H15NO. The zero-order valence-electron chi connectivity index (χ0n) is 8.19. The maximum absolute atomic E-state index is 9.62. The van der Waals surface area contributed by atoms with Gasteiger partial charge < -0.3 is 5.11 Å². The highest BCUT2D eigenvalue weighted by molar-refractivity contribution is 5.04. The van der Waals surface area contributed by atoms with E-state index in [-0.39, 0.29) is 6.10 Å². The van der Waals surface area contributed by atoms with E-state index in [0.717, 1.165) is 25.0 Å². The summed E-state index contributed by atoms with van der Waals surface area (Å²) in [5.74, 6) is 2.56. The highest BCUT2D eigenvalue weighted by atomic mass is 16.3. The molecule has 74 valence electrons. The van der Waals surface area contributed by atoms with Crippen molar-refractivity contribution in [1.29, 1.82) is 0 Å². The van der Waals surface area contributed by atoms with Crippen LogP contribution in [0.25, 0.3) is 0 Å². The molecule has 1 rings (SSSR count). The van der Waals surface area contributed by atoms with Crippen molar-refractivity contribution in [3.63, 3.8) is 0 Å². The van der Waals surface area contributed by atoms with Crippen molar-refractivity contribution < 1.29 is 5.11 Å². The molecule has 1 N–H and O–H groups in total. The summed E-state index contributed by atoms with van der Waals surface area (Å²) in [5.41, 5.74) is 0.931. The van der Waals surface area contributed by atoms with Crippen molar-refractivity contribution in [1.82, 2.24) is 4.98 Å². The highest BCUT2D eigenvalue weighted by Crippen LogP contribution is 2.06. The molecule has 1 heterocycles. The molecule has 0 aliphatic rings. The molecule has 0 aliphatic carbocycles. The van der Waals surface area contributed by atoms with Gasteiger partial charge >= 0.3 is 0 Å². The molecule has 0 radical (unpaired) electrons. The van der Waals surface area contributed by atoms with E-state index in [9.17, 15) is 5.11 Å². The van der Waals surface area contributed by atoms with Gasteiger partial charge in [0, 0.05) is 24.7 Å². The zero-order valence-corrected chi connectivity index (χ0v) is 8.19. The van der Waals surface area contributed by atoms with E-state index in [1.807, 2.05) is 18.2 Å². The van der Waals surface area contributed by atoms with Gasteiger partial charge in [0.15, 0.2) is 0 Å². The van der Waals surface area contributed by atoms with E-state index in [1.54, 1.807) is 6.20 Å². The number of aliphatic hydroxyl groups is 1. The Balaban J connectivity index is 2.28. The number of pyridine rings is 1. The van der Waals surface area contributed by atoms with Crippen molar-refractivity contribution in [3.8, 4) is 12.3 Å². The lowest BCUT2D eigenvalue weighted by Crippen LogP contribution is -2.10. The fraction of sp³-hybridized carbons (Fsp3) is 0.417. The summed E-state index contributed by atoms with van der Waals surface area (Å²) in [7, 11) is 0. The zero-order chi connectivity index (χ0) is 10.2. The number of rotatable bonds is 5. The lowest BCUT2D eigenvalue weighted by molar-refractivity contribution is 0.161. The Kier molecular flexibility index (Phi) is 4.74. The molecule has 1 aromatic rings. The third-order valence-electron chi connectivity index (χ3n) is 2.03. The van der Waals surface area contributed by atoms with Gasteiger partial charge in [0.05, 0.1) is 6.10 Å². The molecule has 0 amide bonds. The second-order valence-corrected chi connectivity index (χ2v) is 3.28. The van der Waals surface area contributed by atoms with Crippen LogP contribution in [0, 0.1) is 12.3 Å². The first-order valence-corrected chi connectivity index (χ1v) is 4.84. The van der Waals surface area contributed by atoms with E-state index in [1.165, 1.54) is 0 Å². The summed E-state index contributed by atoms with van der Waals surface area (Å²) in [6.07, 6.45) is 9.52. The van der Waals surface area contributed by atoms with Gasteiger partial charge in [-0.3, -0.25) is 4.98 Å². The number of nitrogens with zero attached hydrogens (tertiary/aromatic N) is 1. The van der Waals surface area contributed by atoms with Crippen LogP contribution in [0.1, 0.15) is 25.0 Å². The Morgan fingerprint density at radius 1 is 1.50 bits per heavy atom. The molecule has 0 fully saturated rings. The SMILES string of the molecule is C#CCCCC(O)Cc1ccccn1. The molecule has 0 saturated heterocycles. The Bertz CT molecular complexity index is 289.